The molecule has 0 aromatic rings. The minimum absolute atomic E-state index is 0. The Kier molecular flexibility index (Phi) is 6.90. The molecule has 0 aromatic heterocycles. The van der Waals surface area contributed by atoms with Crippen LogP contribution in [0.1, 0.15) is 27.7 Å². The third-order valence-electron chi connectivity index (χ3n) is 1.23. The van der Waals surface area contributed by atoms with Crippen molar-refractivity contribution in [2.75, 3.05) is 6.54 Å². The SMILES string of the molecule is C=C(C)C(=O)O[NH2+]CC(C)(C)C.[Cl-]. The number of hydroxylamine groups is 1. The summed E-state index contributed by atoms with van der Waals surface area (Å²) in [6.07, 6.45) is 0. The Morgan fingerprint density at radius 1 is 1.46 bits per heavy atom. The zero-order valence-electron chi connectivity index (χ0n) is 8.69. The molecule has 0 bridgehead atoms. The van der Waals surface area contributed by atoms with Crippen LogP contribution < -0.4 is 17.9 Å². The summed E-state index contributed by atoms with van der Waals surface area (Å²) in [5, 5.41) is 0. The summed E-state index contributed by atoms with van der Waals surface area (Å²) >= 11 is 0. The molecule has 0 amide bonds. The number of hydrogen-bond acceptors (Lipinski definition) is 2. The molecule has 0 heterocycles. The quantitative estimate of drug-likeness (QED) is 0.416. The largest absolute Gasteiger partial charge is 1.00 e. The molecule has 78 valence electrons. The number of quaternary nitrogens is 1. The molecule has 0 aliphatic rings. The standard InChI is InChI=1S/C9H17NO2.ClH/c1-7(2)8(11)12-10-6-9(3,4)5;/h10H,1,6H2,2-5H3;1H. The predicted molar refractivity (Wildman–Crippen MR) is 47.2 cm³/mol. The van der Waals surface area contributed by atoms with E-state index < -0.39 is 0 Å². The molecule has 0 radical (unpaired) electrons. The second-order valence-corrected chi connectivity index (χ2v) is 4.12. The summed E-state index contributed by atoms with van der Waals surface area (Å²) < 4.78 is 0. The summed E-state index contributed by atoms with van der Waals surface area (Å²) in [5.41, 5.74) is 2.13. The van der Waals surface area contributed by atoms with E-state index in [0.717, 1.165) is 6.54 Å². The number of rotatable bonds is 3. The Bertz CT molecular complexity index is 185. The average molecular weight is 208 g/mol. The van der Waals surface area contributed by atoms with Gasteiger partial charge in [0.25, 0.3) is 0 Å². The monoisotopic (exact) mass is 207 g/mol. The Morgan fingerprint density at radius 3 is 2.23 bits per heavy atom. The molecule has 0 aliphatic carbocycles. The molecule has 0 rings (SSSR count). The minimum atomic E-state index is -0.348. The highest BCUT2D eigenvalue weighted by molar-refractivity contribution is 5.86. The van der Waals surface area contributed by atoms with Crippen molar-refractivity contribution >= 4 is 5.97 Å². The van der Waals surface area contributed by atoms with E-state index in [1.165, 1.54) is 5.48 Å². The molecule has 0 saturated carbocycles. The Balaban J connectivity index is 0. The lowest BCUT2D eigenvalue weighted by molar-refractivity contribution is -0.877. The topological polar surface area (TPSA) is 42.9 Å². The Hall–Kier alpha value is -0.540. The summed E-state index contributed by atoms with van der Waals surface area (Å²) in [7, 11) is 0. The smallest absolute Gasteiger partial charge is 0.392 e. The lowest BCUT2D eigenvalue weighted by Crippen LogP contribution is -3.00. The second-order valence-electron chi connectivity index (χ2n) is 4.12. The molecule has 0 spiro atoms. The van der Waals surface area contributed by atoms with Gasteiger partial charge in [-0.15, -0.1) is 0 Å². The van der Waals surface area contributed by atoms with Gasteiger partial charge in [-0.1, -0.05) is 27.4 Å². The summed E-state index contributed by atoms with van der Waals surface area (Å²) in [4.78, 5) is 15.7. The third kappa shape index (κ3) is 9.37. The molecule has 0 fully saturated rings. The van der Waals surface area contributed by atoms with Gasteiger partial charge in [0.15, 0.2) is 0 Å². The van der Waals surface area contributed by atoms with Gasteiger partial charge >= 0.3 is 5.97 Å². The maximum atomic E-state index is 10.9. The first-order valence-electron chi connectivity index (χ1n) is 4.01. The zero-order valence-corrected chi connectivity index (χ0v) is 9.44. The van der Waals surface area contributed by atoms with Crippen LogP contribution in [0, 0.1) is 5.41 Å². The molecule has 4 heteroatoms. The van der Waals surface area contributed by atoms with Crippen molar-refractivity contribution in [3.63, 3.8) is 0 Å². The van der Waals surface area contributed by atoms with Crippen molar-refractivity contribution in [3.8, 4) is 0 Å². The van der Waals surface area contributed by atoms with Crippen molar-refractivity contribution in [2.45, 2.75) is 27.7 Å². The van der Waals surface area contributed by atoms with Gasteiger partial charge in [0.05, 0.1) is 0 Å². The van der Waals surface area contributed by atoms with Gasteiger partial charge in [-0.3, -0.25) is 4.84 Å². The van der Waals surface area contributed by atoms with Crippen LogP contribution in [0.25, 0.3) is 0 Å². The van der Waals surface area contributed by atoms with Crippen LogP contribution in [-0.4, -0.2) is 12.5 Å². The van der Waals surface area contributed by atoms with E-state index in [9.17, 15) is 4.79 Å². The van der Waals surface area contributed by atoms with Crippen LogP contribution in [0.3, 0.4) is 0 Å². The van der Waals surface area contributed by atoms with E-state index in [-0.39, 0.29) is 23.8 Å². The van der Waals surface area contributed by atoms with Gasteiger partial charge in [0.2, 0.25) is 0 Å². The van der Waals surface area contributed by atoms with Gasteiger partial charge < -0.3 is 12.4 Å². The van der Waals surface area contributed by atoms with Crippen molar-refractivity contribution in [1.29, 1.82) is 0 Å². The van der Waals surface area contributed by atoms with Crippen molar-refractivity contribution < 1.29 is 27.5 Å². The minimum Gasteiger partial charge on any atom is -1.00 e. The van der Waals surface area contributed by atoms with Crippen molar-refractivity contribution in [1.82, 2.24) is 0 Å². The molecule has 0 saturated heterocycles. The van der Waals surface area contributed by atoms with Gasteiger partial charge in [-0.25, -0.2) is 4.79 Å². The second kappa shape index (κ2) is 6.00. The Labute approximate surface area is 85.9 Å². The van der Waals surface area contributed by atoms with Crippen LogP contribution in [0.15, 0.2) is 12.2 Å². The van der Waals surface area contributed by atoms with E-state index in [1.807, 2.05) is 0 Å². The zero-order chi connectivity index (χ0) is 9.78. The van der Waals surface area contributed by atoms with Crippen LogP contribution >= 0.6 is 0 Å². The van der Waals surface area contributed by atoms with Gasteiger partial charge in [-0.05, 0) is 6.92 Å². The first-order valence-corrected chi connectivity index (χ1v) is 4.01. The molecular weight excluding hydrogens is 190 g/mol. The summed E-state index contributed by atoms with van der Waals surface area (Å²) in [5.74, 6) is -0.348. The third-order valence-corrected chi connectivity index (χ3v) is 1.23. The maximum Gasteiger partial charge on any atom is 0.392 e. The fourth-order valence-corrected chi connectivity index (χ4v) is 0.468. The van der Waals surface area contributed by atoms with E-state index in [4.69, 9.17) is 4.84 Å². The molecular formula is C9H18ClNO2. The lowest BCUT2D eigenvalue weighted by atomic mass is 9.98. The highest BCUT2D eigenvalue weighted by Gasteiger charge is 2.14. The number of carbonyl (C=O) groups excluding carboxylic acids is 1. The lowest BCUT2D eigenvalue weighted by Gasteiger charge is -2.14. The summed E-state index contributed by atoms with van der Waals surface area (Å²) in [6.45, 7) is 12.1. The van der Waals surface area contributed by atoms with Crippen molar-refractivity contribution in [2.24, 2.45) is 5.41 Å². The van der Waals surface area contributed by atoms with Gasteiger partial charge in [0.1, 0.15) is 6.54 Å². The normalized spacial score (nSPS) is 10.2. The molecule has 0 aromatic carbocycles. The molecule has 13 heavy (non-hydrogen) atoms. The number of halogens is 1. The number of hydrogen-bond donors (Lipinski definition) is 1. The number of carbonyl (C=O) groups is 1. The van der Waals surface area contributed by atoms with Gasteiger partial charge in [0, 0.05) is 11.0 Å². The molecule has 2 N–H and O–H groups in total. The molecule has 0 unspecified atom stereocenters. The van der Waals surface area contributed by atoms with E-state index in [2.05, 4.69) is 27.4 Å². The fraction of sp³-hybridized carbons (Fsp3) is 0.667. The van der Waals surface area contributed by atoms with E-state index in [1.54, 1.807) is 6.92 Å². The first kappa shape index (κ1) is 15.0. The molecule has 0 aliphatic heterocycles. The molecule has 3 nitrogen and oxygen atoms in total. The molecule has 0 atom stereocenters. The van der Waals surface area contributed by atoms with E-state index in [0.29, 0.717) is 5.57 Å². The fourth-order valence-electron chi connectivity index (χ4n) is 0.468. The highest BCUT2D eigenvalue weighted by atomic mass is 35.5. The van der Waals surface area contributed by atoms with E-state index >= 15 is 0 Å². The van der Waals surface area contributed by atoms with Gasteiger partial charge in [-0.2, -0.15) is 5.48 Å². The van der Waals surface area contributed by atoms with Crippen LogP contribution in [0.2, 0.25) is 0 Å². The Morgan fingerprint density at radius 2 is 1.92 bits per heavy atom. The van der Waals surface area contributed by atoms with Crippen LogP contribution in [0.5, 0.6) is 0 Å². The number of nitrogens with two attached hydrogens (primary N) is 1. The maximum absolute atomic E-state index is 10.9. The van der Waals surface area contributed by atoms with Crippen LogP contribution in [-0.2, 0) is 9.63 Å². The summed E-state index contributed by atoms with van der Waals surface area (Å²) in [6, 6.07) is 0. The highest BCUT2D eigenvalue weighted by Crippen LogP contribution is 2.07. The van der Waals surface area contributed by atoms with Crippen LogP contribution in [0.4, 0.5) is 0 Å². The van der Waals surface area contributed by atoms with Crippen molar-refractivity contribution in [3.05, 3.63) is 12.2 Å². The predicted octanol–water partition coefficient (Wildman–Crippen LogP) is -2.37. The first-order chi connectivity index (χ1) is 5.33. The average Bonchev–Trinajstić information content (AvgIpc) is 1.84.